The maximum atomic E-state index is 12.6. The van der Waals surface area contributed by atoms with Crippen LogP contribution in [0.15, 0.2) is 61.4 Å². The summed E-state index contributed by atoms with van der Waals surface area (Å²) in [5.41, 5.74) is 3.22. The van der Waals surface area contributed by atoms with Crippen molar-refractivity contribution in [3.8, 4) is 11.1 Å². The zero-order valence-electron chi connectivity index (χ0n) is 15.0. The number of amides is 1. The molecule has 0 spiro atoms. The van der Waals surface area contributed by atoms with Gasteiger partial charge >= 0.3 is 0 Å². The molecule has 0 bridgehead atoms. The number of pyridine rings is 2. The second kappa shape index (κ2) is 6.80. The van der Waals surface area contributed by atoms with Gasteiger partial charge in [0.2, 0.25) is 0 Å². The Morgan fingerprint density at radius 3 is 2.79 bits per heavy atom. The fraction of sp³-hybridized carbons (Fsp3) is 0.200. The van der Waals surface area contributed by atoms with Gasteiger partial charge in [-0.15, -0.1) is 0 Å². The molecule has 8 heteroatoms. The van der Waals surface area contributed by atoms with E-state index in [1.165, 1.54) is 12.4 Å². The summed E-state index contributed by atoms with van der Waals surface area (Å²) in [5, 5.41) is 4.67. The Morgan fingerprint density at radius 2 is 1.96 bits per heavy atom. The molecule has 0 aliphatic carbocycles. The van der Waals surface area contributed by atoms with Gasteiger partial charge in [0.15, 0.2) is 11.5 Å². The van der Waals surface area contributed by atoms with Crippen molar-refractivity contribution in [3.63, 3.8) is 0 Å². The summed E-state index contributed by atoms with van der Waals surface area (Å²) in [7, 11) is 0. The number of hydrogen-bond donors (Lipinski definition) is 0. The number of fused-ring (bicyclic) bond motifs is 1. The summed E-state index contributed by atoms with van der Waals surface area (Å²) >= 11 is 0. The van der Waals surface area contributed by atoms with Gasteiger partial charge < -0.3 is 4.90 Å². The lowest BCUT2D eigenvalue weighted by Crippen LogP contribution is -2.29. The van der Waals surface area contributed by atoms with Gasteiger partial charge in [-0.05, 0) is 24.6 Å². The van der Waals surface area contributed by atoms with Crippen LogP contribution >= 0.6 is 0 Å². The number of likely N-dealkylation sites (tertiary alicyclic amines) is 1. The first kappa shape index (κ1) is 16.5. The zero-order valence-corrected chi connectivity index (χ0v) is 15.0. The van der Waals surface area contributed by atoms with Crippen LogP contribution in [-0.4, -0.2) is 53.4 Å². The topological polar surface area (TPSA) is 89.2 Å². The van der Waals surface area contributed by atoms with Crippen molar-refractivity contribution < 1.29 is 4.79 Å². The third kappa shape index (κ3) is 2.98. The van der Waals surface area contributed by atoms with Crippen molar-refractivity contribution >= 4 is 11.6 Å². The number of aromatic nitrogens is 6. The minimum Gasteiger partial charge on any atom is -0.337 e. The first-order valence-electron chi connectivity index (χ1n) is 9.10. The molecule has 28 heavy (non-hydrogen) atoms. The smallest absolute Gasteiger partial charge is 0.274 e. The normalized spacial score (nSPS) is 16.6. The fourth-order valence-corrected chi connectivity index (χ4v) is 3.50. The summed E-state index contributed by atoms with van der Waals surface area (Å²) in [5.74, 6) is 0.776. The molecule has 0 radical (unpaired) electrons. The van der Waals surface area contributed by atoms with Gasteiger partial charge in [-0.1, -0.05) is 6.07 Å². The molecule has 4 aromatic rings. The van der Waals surface area contributed by atoms with E-state index in [2.05, 4.69) is 25.0 Å². The lowest BCUT2D eigenvalue weighted by Gasteiger charge is -2.14. The van der Waals surface area contributed by atoms with E-state index in [1.54, 1.807) is 21.8 Å². The molecule has 0 unspecified atom stereocenters. The molecule has 0 N–H and O–H groups in total. The van der Waals surface area contributed by atoms with Crippen molar-refractivity contribution in [3.05, 3.63) is 73.0 Å². The van der Waals surface area contributed by atoms with Crippen molar-refractivity contribution in [2.75, 3.05) is 13.1 Å². The molecular formula is C20H17N7O. The van der Waals surface area contributed by atoms with E-state index in [0.29, 0.717) is 18.8 Å². The Morgan fingerprint density at radius 1 is 1.04 bits per heavy atom. The minimum atomic E-state index is -0.0989. The summed E-state index contributed by atoms with van der Waals surface area (Å²) in [6.07, 6.45) is 11.0. The molecule has 1 atom stereocenters. The molecule has 0 saturated carbocycles. The highest BCUT2D eigenvalue weighted by Crippen LogP contribution is 2.27. The lowest BCUT2D eigenvalue weighted by atomic mass is 10.1. The summed E-state index contributed by atoms with van der Waals surface area (Å²) in [6, 6.07) is 7.89. The average molecular weight is 371 g/mol. The first-order chi connectivity index (χ1) is 13.8. The standard InChI is InChI=1S/C20H17N7O/c28-20(17-11-22-7-8-23-17)26-9-5-16(12-26)19-24-18-4-3-15(13-27(18)25-19)14-2-1-6-21-10-14/h1-4,6-8,10-11,13,16H,5,9,12H2/t16-/m0/s1. The summed E-state index contributed by atoms with van der Waals surface area (Å²) < 4.78 is 1.80. The third-order valence-electron chi connectivity index (χ3n) is 4.97. The number of nitrogens with zero attached hydrogens (tertiary/aromatic N) is 7. The molecule has 5 heterocycles. The molecule has 8 nitrogen and oxygen atoms in total. The molecule has 1 amide bonds. The highest BCUT2D eigenvalue weighted by molar-refractivity contribution is 5.92. The fourth-order valence-electron chi connectivity index (χ4n) is 3.50. The average Bonchev–Trinajstić information content (AvgIpc) is 3.41. The highest BCUT2D eigenvalue weighted by atomic mass is 16.2. The van der Waals surface area contributed by atoms with Gasteiger partial charge in [0.05, 0.1) is 6.20 Å². The van der Waals surface area contributed by atoms with Crippen LogP contribution in [0.2, 0.25) is 0 Å². The van der Waals surface area contributed by atoms with Crippen LogP contribution in [0.1, 0.15) is 28.7 Å². The highest BCUT2D eigenvalue weighted by Gasteiger charge is 2.31. The number of carbonyl (C=O) groups is 1. The number of carbonyl (C=O) groups excluding carboxylic acids is 1. The largest absolute Gasteiger partial charge is 0.337 e. The molecule has 0 aromatic carbocycles. The maximum Gasteiger partial charge on any atom is 0.274 e. The zero-order chi connectivity index (χ0) is 18.9. The van der Waals surface area contributed by atoms with Crippen molar-refractivity contribution in [1.82, 2.24) is 34.4 Å². The van der Waals surface area contributed by atoms with E-state index < -0.39 is 0 Å². The van der Waals surface area contributed by atoms with E-state index in [-0.39, 0.29) is 11.8 Å². The van der Waals surface area contributed by atoms with Gasteiger partial charge in [-0.25, -0.2) is 14.5 Å². The van der Waals surface area contributed by atoms with E-state index in [0.717, 1.165) is 29.0 Å². The second-order valence-corrected chi connectivity index (χ2v) is 6.76. The first-order valence-corrected chi connectivity index (χ1v) is 9.10. The third-order valence-corrected chi connectivity index (χ3v) is 4.97. The van der Waals surface area contributed by atoms with Crippen molar-refractivity contribution in [2.24, 2.45) is 0 Å². The van der Waals surface area contributed by atoms with Crippen molar-refractivity contribution in [1.29, 1.82) is 0 Å². The van der Waals surface area contributed by atoms with Gasteiger partial charge in [0, 0.05) is 61.1 Å². The molecular weight excluding hydrogens is 354 g/mol. The maximum absolute atomic E-state index is 12.6. The van der Waals surface area contributed by atoms with Gasteiger partial charge in [0.1, 0.15) is 5.69 Å². The van der Waals surface area contributed by atoms with Crippen LogP contribution < -0.4 is 0 Å². The molecule has 1 aliphatic rings. The van der Waals surface area contributed by atoms with Gasteiger partial charge in [-0.2, -0.15) is 5.10 Å². The number of hydrogen-bond acceptors (Lipinski definition) is 6. The quantitative estimate of drug-likeness (QED) is 0.549. The lowest BCUT2D eigenvalue weighted by molar-refractivity contribution is 0.0784. The molecule has 1 aliphatic heterocycles. The predicted octanol–water partition coefficient (Wildman–Crippen LogP) is 2.21. The monoisotopic (exact) mass is 371 g/mol. The minimum absolute atomic E-state index is 0.0989. The molecule has 5 rings (SSSR count). The molecule has 1 fully saturated rings. The van der Waals surface area contributed by atoms with Gasteiger partial charge in [0.25, 0.3) is 5.91 Å². The Kier molecular flexibility index (Phi) is 4.01. The molecule has 4 aromatic heterocycles. The Balaban J connectivity index is 1.37. The Labute approximate surface area is 160 Å². The predicted molar refractivity (Wildman–Crippen MR) is 102 cm³/mol. The molecule has 138 valence electrons. The van der Waals surface area contributed by atoms with Crippen LogP contribution in [0.5, 0.6) is 0 Å². The van der Waals surface area contributed by atoms with E-state index >= 15 is 0 Å². The van der Waals surface area contributed by atoms with E-state index in [9.17, 15) is 4.79 Å². The molecule has 1 saturated heterocycles. The van der Waals surface area contributed by atoms with Crippen LogP contribution in [0.25, 0.3) is 16.8 Å². The van der Waals surface area contributed by atoms with E-state index in [1.807, 2.05) is 36.7 Å². The summed E-state index contributed by atoms with van der Waals surface area (Å²) in [4.78, 5) is 31.3. The SMILES string of the molecule is O=C(c1cnccn1)N1CC[C@H](c2nc3ccc(-c4cccnc4)cn3n2)C1. The second-order valence-electron chi connectivity index (χ2n) is 6.76. The van der Waals surface area contributed by atoms with Crippen LogP contribution in [0, 0.1) is 0 Å². The van der Waals surface area contributed by atoms with Crippen LogP contribution in [-0.2, 0) is 0 Å². The number of rotatable bonds is 3. The van der Waals surface area contributed by atoms with Gasteiger partial charge in [-0.3, -0.25) is 14.8 Å². The summed E-state index contributed by atoms with van der Waals surface area (Å²) in [6.45, 7) is 1.25. The van der Waals surface area contributed by atoms with Crippen LogP contribution in [0.4, 0.5) is 0 Å². The van der Waals surface area contributed by atoms with Crippen LogP contribution in [0.3, 0.4) is 0 Å². The van der Waals surface area contributed by atoms with Crippen molar-refractivity contribution in [2.45, 2.75) is 12.3 Å². The van der Waals surface area contributed by atoms with E-state index in [4.69, 9.17) is 0 Å². The Bertz CT molecular complexity index is 1130. The Hall–Kier alpha value is -3.68.